The van der Waals surface area contributed by atoms with Crippen LogP contribution in [0, 0.1) is 0 Å². The third-order valence-electron chi connectivity index (χ3n) is 6.19. The molecule has 4 rings (SSSR count). The van der Waals surface area contributed by atoms with Crippen molar-refractivity contribution in [3.63, 3.8) is 0 Å². The van der Waals surface area contributed by atoms with Crippen LogP contribution in [0.2, 0.25) is 0 Å². The second kappa shape index (κ2) is 11.2. The molecule has 0 radical (unpaired) electrons. The molecule has 2 aromatic rings. The van der Waals surface area contributed by atoms with Gasteiger partial charge in [-0.05, 0) is 55.8 Å². The van der Waals surface area contributed by atoms with E-state index in [2.05, 4.69) is 9.80 Å². The van der Waals surface area contributed by atoms with Crippen LogP contribution in [0.25, 0.3) is 0 Å². The van der Waals surface area contributed by atoms with Gasteiger partial charge in [0.1, 0.15) is 34.7 Å². The number of carbonyl (C=O) groups excluding carboxylic acids is 1. The Balaban J connectivity index is 1.23. The third kappa shape index (κ3) is 5.89. The summed E-state index contributed by atoms with van der Waals surface area (Å²) in [6, 6.07) is 12.7. The van der Waals surface area contributed by atoms with Crippen molar-refractivity contribution in [1.82, 2.24) is 4.90 Å². The van der Waals surface area contributed by atoms with Gasteiger partial charge in [-0.3, -0.25) is 9.69 Å². The first-order valence-corrected chi connectivity index (χ1v) is 12.4. The Hall–Kier alpha value is -2.62. The molecule has 3 atom stereocenters. The van der Waals surface area contributed by atoms with Gasteiger partial charge in [0, 0.05) is 38.4 Å². The second-order valence-electron chi connectivity index (χ2n) is 8.53. The molecule has 0 aromatic heterocycles. The number of ether oxygens (including phenoxy) is 3. The summed E-state index contributed by atoms with van der Waals surface area (Å²) in [4.78, 5) is 18.2. The molecule has 2 heterocycles. The summed E-state index contributed by atoms with van der Waals surface area (Å²) in [7, 11) is 1.58. The number of benzene rings is 2. The number of phenols is 1. The largest absolute Gasteiger partial charge is 0.508 e. The van der Waals surface area contributed by atoms with E-state index in [0.717, 1.165) is 49.7 Å². The topological polar surface area (TPSA) is 91.7 Å². The van der Waals surface area contributed by atoms with Crippen LogP contribution in [-0.2, 0) is 9.53 Å². The Morgan fingerprint density at radius 3 is 2.59 bits per heavy atom. The summed E-state index contributed by atoms with van der Waals surface area (Å²) in [5.41, 5.74) is 1.11. The number of aromatic hydroxyl groups is 1. The van der Waals surface area contributed by atoms with Crippen molar-refractivity contribution in [3.05, 3.63) is 42.5 Å². The van der Waals surface area contributed by atoms with E-state index in [-0.39, 0.29) is 5.75 Å². The zero-order valence-corrected chi connectivity index (χ0v) is 20.4. The number of esters is 1. The van der Waals surface area contributed by atoms with Gasteiger partial charge in [-0.2, -0.15) is 0 Å². The summed E-state index contributed by atoms with van der Waals surface area (Å²) in [6.45, 7) is 6.59. The van der Waals surface area contributed by atoms with Crippen LogP contribution >= 0.6 is 11.8 Å². The number of anilines is 1. The molecule has 184 valence electrons. The van der Waals surface area contributed by atoms with Gasteiger partial charge in [0.15, 0.2) is 0 Å². The fraction of sp³-hybridized carbons (Fsp3) is 0.480. The number of piperazine rings is 1. The molecule has 8 nitrogen and oxygen atoms in total. The first-order chi connectivity index (χ1) is 16.4. The number of nitrogens with zero attached hydrogens (tertiary/aromatic N) is 2. The summed E-state index contributed by atoms with van der Waals surface area (Å²) in [5.74, 6) is 1.13. The van der Waals surface area contributed by atoms with Crippen LogP contribution in [0.5, 0.6) is 17.2 Å². The smallest absolute Gasteiger partial charge is 0.322 e. The maximum Gasteiger partial charge on any atom is 0.322 e. The zero-order chi connectivity index (χ0) is 24.1. The highest BCUT2D eigenvalue weighted by atomic mass is 32.2. The number of thioether (sulfide) groups is 1. The van der Waals surface area contributed by atoms with Crippen molar-refractivity contribution >= 4 is 23.4 Å². The van der Waals surface area contributed by atoms with E-state index in [1.165, 1.54) is 11.8 Å². The average molecular weight is 489 g/mol. The summed E-state index contributed by atoms with van der Waals surface area (Å²) < 4.78 is 16.7. The average Bonchev–Trinajstić information content (AvgIpc) is 2.98. The Bertz CT molecular complexity index is 964. The zero-order valence-electron chi connectivity index (χ0n) is 19.6. The number of rotatable bonds is 7. The number of phenolic OH excluding ortho intramolecular Hbond substituents is 1. The van der Waals surface area contributed by atoms with Gasteiger partial charge in [-0.15, -0.1) is 11.8 Å². The molecule has 0 saturated carbocycles. The second-order valence-corrected chi connectivity index (χ2v) is 9.71. The molecule has 2 N–H and O–H groups in total. The van der Waals surface area contributed by atoms with E-state index in [1.54, 1.807) is 38.3 Å². The van der Waals surface area contributed by atoms with Crippen molar-refractivity contribution < 1.29 is 29.2 Å². The lowest BCUT2D eigenvalue weighted by Gasteiger charge is -2.36. The number of fused-ring (bicyclic) bond motifs is 1. The third-order valence-corrected chi connectivity index (χ3v) is 7.49. The molecule has 34 heavy (non-hydrogen) atoms. The van der Waals surface area contributed by atoms with Crippen molar-refractivity contribution in [2.45, 2.75) is 35.7 Å². The van der Waals surface area contributed by atoms with Gasteiger partial charge in [-0.1, -0.05) is 0 Å². The molecule has 2 aliphatic heterocycles. The lowest BCUT2D eigenvalue weighted by molar-refractivity contribution is -0.146. The maximum absolute atomic E-state index is 12.8. The lowest BCUT2D eigenvalue weighted by Crippen LogP contribution is -2.46. The fourth-order valence-electron chi connectivity index (χ4n) is 4.15. The van der Waals surface area contributed by atoms with E-state index in [0.29, 0.717) is 18.1 Å². The molecule has 0 bridgehead atoms. The van der Waals surface area contributed by atoms with Crippen molar-refractivity contribution in [1.29, 1.82) is 0 Å². The molecule has 1 unspecified atom stereocenters. The normalized spacial score (nSPS) is 22.9. The van der Waals surface area contributed by atoms with E-state index in [4.69, 9.17) is 14.2 Å². The van der Waals surface area contributed by atoms with Gasteiger partial charge >= 0.3 is 5.97 Å². The molecular weight excluding hydrogens is 456 g/mol. The highest BCUT2D eigenvalue weighted by molar-refractivity contribution is 8.00. The molecule has 9 heteroatoms. The summed E-state index contributed by atoms with van der Waals surface area (Å²) in [6.07, 6.45) is -0.789. The SMILES string of the molecule is COc1ccc2c(c1)S[C@@H](C(=O)OCCCN1CCN(c3ccc(O)cc3)CC1)[C@@H](O)C(C)O2. The van der Waals surface area contributed by atoms with Crippen molar-refractivity contribution in [2.24, 2.45) is 0 Å². The Morgan fingerprint density at radius 2 is 1.88 bits per heavy atom. The minimum absolute atomic E-state index is 0.276. The fourth-order valence-corrected chi connectivity index (χ4v) is 5.37. The van der Waals surface area contributed by atoms with E-state index in [1.807, 2.05) is 18.2 Å². The van der Waals surface area contributed by atoms with Crippen LogP contribution < -0.4 is 14.4 Å². The van der Waals surface area contributed by atoms with Gasteiger partial charge in [0.25, 0.3) is 0 Å². The molecule has 0 aliphatic carbocycles. The number of hydrogen-bond acceptors (Lipinski definition) is 9. The minimum Gasteiger partial charge on any atom is -0.508 e. The van der Waals surface area contributed by atoms with Crippen LogP contribution in [0.4, 0.5) is 5.69 Å². The first-order valence-electron chi connectivity index (χ1n) is 11.6. The Kier molecular flexibility index (Phi) is 8.07. The summed E-state index contributed by atoms with van der Waals surface area (Å²) >= 11 is 1.25. The van der Waals surface area contributed by atoms with Gasteiger partial charge in [-0.25, -0.2) is 0 Å². The van der Waals surface area contributed by atoms with Crippen molar-refractivity contribution in [3.8, 4) is 17.2 Å². The highest BCUT2D eigenvalue weighted by Gasteiger charge is 2.38. The number of carbonyl (C=O) groups is 1. The van der Waals surface area contributed by atoms with E-state index < -0.39 is 23.4 Å². The number of aliphatic hydroxyl groups is 1. The van der Waals surface area contributed by atoms with Gasteiger partial charge < -0.3 is 29.3 Å². The molecule has 2 aromatic carbocycles. The number of aliphatic hydroxyl groups excluding tert-OH is 1. The van der Waals surface area contributed by atoms with E-state index in [9.17, 15) is 15.0 Å². The Morgan fingerprint density at radius 1 is 1.15 bits per heavy atom. The first kappa shape index (κ1) is 24.5. The molecule has 0 amide bonds. The van der Waals surface area contributed by atoms with Gasteiger partial charge in [0.05, 0.1) is 18.6 Å². The molecule has 1 saturated heterocycles. The summed E-state index contributed by atoms with van der Waals surface area (Å²) in [5, 5.41) is 19.4. The Labute approximate surface area is 204 Å². The maximum atomic E-state index is 12.8. The van der Waals surface area contributed by atoms with Crippen molar-refractivity contribution in [2.75, 3.05) is 51.3 Å². The monoisotopic (exact) mass is 488 g/mol. The van der Waals surface area contributed by atoms with Gasteiger partial charge in [0.2, 0.25) is 0 Å². The molecule has 0 spiro atoms. The van der Waals surface area contributed by atoms with Crippen LogP contribution in [0.15, 0.2) is 47.4 Å². The number of hydrogen-bond donors (Lipinski definition) is 2. The lowest BCUT2D eigenvalue weighted by atomic mass is 10.1. The molecule has 1 fully saturated rings. The predicted molar refractivity (Wildman–Crippen MR) is 131 cm³/mol. The quantitative estimate of drug-likeness (QED) is 0.451. The predicted octanol–water partition coefficient (Wildman–Crippen LogP) is 2.76. The highest BCUT2D eigenvalue weighted by Crippen LogP contribution is 2.40. The number of methoxy groups -OCH3 is 1. The van der Waals surface area contributed by atoms with E-state index >= 15 is 0 Å². The van der Waals surface area contributed by atoms with Crippen LogP contribution in [0.1, 0.15) is 13.3 Å². The van der Waals surface area contributed by atoms with Crippen LogP contribution in [-0.4, -0.2) is 85.0 Å². The standard InChI is InChI=1S/C25H32N2O6S/c1-17-23(29)24(34-22-16-20(31-2)8-9-21(22)33-17)25(30)32-15-3-10-26-11-13-27(14-12-26)18-4-6-19(28)7-5-18/h4-9,16-17,23-24,28-29H,3,10-15H2,1-2H3/t17?,23-,24+/m0/s1. The molecular formula is C25H32N2O6S. The molecule has 2 aliphatic rings. The van der Waals surface area contributed by atoms with Crippen LogP contribution in [0.3, 0.4) is 0 Å². The minimum atomic E-state index is -0.983.